The first-order valence-electron chi connectivity index (χ1n) is 9.96. The number of aromatic nitrogens is 3. The van der Waals surface area contributed by atoms with E-state index in [0.717, 1.165) is 37.4 Å². The normalized spacial score (nSPS) is 19.4. The van der Waals surface area contributed by atoms with Gasteiger partial charge in [-0.05, 0) is 42.9 Å². The molecule has 2 aliphatic rings. The number of anilines is 1. The summed E-state index contributed by atoms with van der Waals surface area (Å²) in [6, 6.07) is 4.12. The molecule has 2 aromatic rings. The molecule has 0 aromatic carbocycles. The number of piperidine rings is 1. The number of amides is 2. The van der Waals surface area contributed by atoms with Gasteiger partial charge in [0.25, 0.3) is 6.47 Å². The number of pyridine rings is 1. The average Bonchev–Trinajstić information content (AvgIpc) is 3.41. The van der Waals surface area contributed by atoms with Crippen LogP contribution in [0.4, 0.5) is 5.13 Å². The van der Waals surface area contributed by atoms with Crippen molar-refractivity contribution in [2.24, 2.45) is 5.92 Å². The largest absolute Gasteiger partial charge is 0.483 e. The minimum Gasteiger partial charge on any atom is -0.483 e. The molecule has 2 amide bonds. The van der Waals surface area contributed by atoms with Crippen LogP contribution in [0.1, 0.15) is 42.7 Å². The predicted molar refractivity (Wildman–Crippen MR) is 111 cm³/mol. The maximum Gasteiger partial charge on any atom is 0.290 e. The van der Waals surface area contributed by atoms with Gasteiger partial charge in [0, 0.05) is 38.4 Å². The molecule has 10 heteroatoms. The molecule has 2 fully saturated rings. The monoisotopic (exact) mass is 431 g/mol. The number of rotatable bonds is 4. The molecule has 2 saturated heterocycles. The van der Waals surface area contributed by atoms with Crippen LogP contribution in [0.25, 0.3) is 0 Å². The van der Waals surface area contributed by atoms with Crippen LogP contribution in [-0.4, -0.2) is 63.1 Å². The Bertz CT molecular complexity index is 867. The van der Waals surface area contributed by atoms with Crippen molar-refractivity contribution < 1.29 is 19.5 Å². The molecule has 1 unspecified atom stereocenters. The third-order valence-electron chi connectivity index (χ3n) is 5.45. The SMILES string of the molecule is CCc1nnc(N2CC(C(=O)N3CCC(c4ccncc4)CC3)CC2=O)s1.O=CO. The topological polar surface area (TPSA) is 117 Å². The van der Waals surface area contributed by atoms with Crippen LogP contribution >= 0.6 is 11.3 Å². The van der Waals surface area contributed by atoms with E-state index in [-0.39, 0.29) is 30.6 Å². The number of carbonyl (C=O) groups excluding carboxylic acids is 2. The second-order valence-corrected chi connectivity index (χ2v) is 8.26. The van der Waals surface area contributed by atoms with E-state index < -0.39 is 0 Å². The Labute approximate surface area is 178 Å². The highest BCUT2D eigenvalue weighted by Gasteiger charge is 2.39. The molecule has 2 aromatic heterocycles. The molecule has 0 radical (unpaired) electrons. The number of likely N-dealkylation sites (tertiary alicyclic amines) is 1. The highest BCUT2D eigenvalue weighted by Crippen LogP contribution is 2.32. The summed E-state index contributed by atoms with van der Waals surface area (Å²) >= 11 is 1.43. The van der Waals surface area contributed by atoms with Crippen molar-refractivity contribution >= 4 is 34.8 Å². The van der Waals surface area contributed by atoms with E-state index in [9.17, 15) is 9.59 Å². The van der Waals surface area contributed by atoms with Crippen molar-refractivity contribution in [1.82, 2.24) is 20.1 Å². The van der Waals surface area contributed by atoms with Gasteiger partial charge in [0.05, 0.1) is 5.92 Å². The first-order chi connectivity index (χ1) is 14.6. The second-order valence-electron chi connectivity index (χ2n) is 7.22. The molecule has 160 valence electrons. The van der Waals surface area contributed by atoms with Crippen LogP contribution in [-0.2, 0) is 20.8 Å². The summed E-state index contributed by atoms with van der Waals surface area (Å²) < 4.78 is 0. The molecule has 1 atom stereocenters. The van der Waals surface area contributed by atoms with E-state index >= 15 is 0 Å². The zero-order valence-electron chi connectivity index (χ0n) is 16.8. The Morgan fingerprint density at radius 2 is 1.93 bits per heavy atom. The van der Waals surface area contributed by atoms with Crippen LogP contribution in [0.3, 0.4) is 0 Å². The lowest BCUT2D eigenvalue weighted by Gasteiger charge is -2.33. The molecule has 0 aliphatic carbocycles. The molecule has 0 saturated carbocycles. The number of carbonyl (C=O) groups is 3. The van der Waals surface area contributed by atoms with Crippen molar-refractivity contribution in [3.05, 3.63) is 35.1 Å². The Kier molecular flexibility index (Phi) is 7.45. The first-order valence-corrected chi connectivity index (χ1v) is 10.8. The molecule has 9 nitrogen and oxygen atoms in total. The fraction of sp³-hybridized carbons (Fsp3) is 0.500. The minimum absolute atomic E-state index is 0.0289. The Hall–Kier alpha value is -2.88. The van der Waals surface area contributed by atoms with Crippen molar-refractivity contribution in [3.8, 4) is 0 Å². The highest BCUT2D eigenvalue weighted by atomic mass is 32.1. The van der Waals surface area contributed by atoms with Gasteiger partial charge in [0.15, 0.2) is 0 Å². The fourth-order valence-corrected chi connectivity index (χ4v) is 4.69. The smallest absolute Gasteiger partial charge is 0.290 e. The van der Waals surface area contributed by atoms with E-state index in [2.05, 4.69) is 27.3 Å². The third kappa shape index (κ3) is 4.99. The van der Waals surface area contributed by atoms with Gasteiger partial charge >= 0.3 is 0 Å². The van der Waals surface area contributed by atoms with E-state index in [0.29, 0.717) is 17.6 Å². The fourth-order valence-electron chi connectivity index (χ4n) is 3.88. The summed E-state index contributed by atoms with van der Waals surface area (Å²) in [5.41, 5.74) is 1.29. The van der Waals surface area contributed by atoms with Crippen molar-refractivity contribution in [1.29, 1.82) is 0 Å². The van der Waals surface area contributed by atoms with Crippen molar-refractivity contribution in [3.63, 3.8) is 0 Å². The Balaban J connectivity index is 0.000000806. The quantitative estimate of drug-likeness (QED) is 0.736. The Morgan fingerprint density at radius 3 is 2.53 bits per heavy atom. The number of hydrogen-bond acceptors (Lipinski definition) is 7. The van der Waals surface area contributed by atoms with Gasteiger partial charge in [-0.2, -0.15) is 0 Å². The predicted octanol–water partition coefficient (Wildman–Crippen LogP) is 1.96. The van der Waals surface area contributed by atoms with Gasteiger partial charge in [-0.25, -0.2) is 0 Å². The van der Waals surface area contributed by atoms with Gasteiger partial charge in [-0.1, -0.05) is 18.3 Å². The van der Waals surface area contributed by atoms with E-state index in [1.807, 2.05) is 24.2 Å². The maximum absolute atomic E-state index is 12.9. The third-order valence-corrected chi connectivity index (χ3v) is 6.54. The number of hydrogen-bond donors (Lipinski definition) is 1. The van der Waals surface area contributed by atoms with Gasteiger partial charge in [0.2, 0.25) is 16.9 Å². The highest BCUT2D eigenvalue weighted by molar-refractivity contribution is 7.15. The minimum atomic E-state index is -0.274. The number of aryl methyl sites for hydroxylation is 1. The van der Waals surface area contributed by atoms with Crippen LogP contribution < -0.4 is 4.90 Å². The van der Waals surface area contributed by atoms with E-state index in [4.69, 9.17) is 9.90 Å². The number of nitrogens with zero attached hydrogens (tertiary/aromatic N) is 5. The Morgan fingerprint density at radius 1 is 1.27 bits per heavy atom. The summed E-state index contributed by atoms with van der Waals surface area (Å²) in [5, 5.41) is 16.6. The van der Waals surface area contributed by atoms with Gasteiger partial charge in [0.1, 0.15) is 5.01 Å². The van der Waals surface area contributed by atoms with Crippen LogP contribution in [0, 0.1) is 5.92 Å². The summed E-state index contributed by atoms with van der Waals surface area (Å²) in [5.74, 6) is 0.273. The molecule has 4 rings (SSSR count). The standard InChI is InChI=1S/C19H23N5O2S.CH2O2/c1-2-16-21-22-19(27-16)24-12-15(11-17(24)25)18(26)23-9-5-14(6-10-23)13-3-7-20-8-4-13;2-1-3/h3-4,7-8,14-15H,2,5-6,9-12H2,1H3;1H,(H,2,3). The first kappa shape index (κ1) is 21.8. The maximum atomic E-state index is 12.9. The molecule has 0 spiro atoms. The molecular formula is C20H25N5O4S. The zero-order chi connectivity index (χ0) is 21.5. The van der Waals surface area contributed by atoms with Crippen LogP contribution in [0.15, 0.2) is 24.5 Å². The molecule has 1 N–H and O–H groups in total. The van der Waals surface area contributed by atoms with Crippen LogP contribution in [0.5, 0.6) is 0 Å². The second kappa shape index (κ2) is 10.2. The van der Waals surface area contributed by atoms with E-state index in [1.165, 1.54) is 16.9 Å². The molecular weight excluding hydrogens is 406 g/mol. The lowest BCUT2D eigenvalue weighted by atomic mass is 9.89. The summed E-state index contributed by atoms with van der Waals surface area (Å²) in [7, 11) is 0. The lowest BCUT2D eigenvalue weighted by molar-refractivity contribution is -0.136. The van der Waals surface area contributed by atoms with Crippen molar-refractivity contribution in [2.45, 2.75) is 38.5 Å². The molecule has 0 bridgehead atoms. The summed E-state index contributed by atoms with van der Waals surface area (Å²) in [6.07, 6.45) is 6.62. The van der Waals surface area contributed by atoms with Gasteiger partial charge in [-0.3, -0.25) is 24.3 Å². The molecule has 30 heavy (non-hydrogen) atoms. The van der Waals surface area contributed by atoms with Crippen LogP contribution in [0.2, 0.25) is 0 Å². The lowest BCUT2D eigenvalue weighted by Crippen LogP contribution is -2.42. The van der Waals surface area contributed by atoms with E-state index in [1.54, 1.807) is 4.90 Å². The molecule has 4 heterocycles. The zero-order valence-corrected chi connectivity index (χ0v) is 17.6. The number of carboxylic acid groups (broad SMARTS) is 1. The van der Waals surface area contributed by atoms with Crippen molar-refractivity contribution in [2.75, 3.05) is 24.5 Å². The summed E-state index contributed by atoms with van der Waals surface area (Å²) in [6.45, 7) is 3.67. The summed E-state index contributed by atoms with van der Waals surface area (Å²) in [4.78, 5) is 41.3. The van der Waals surface area contributed by atoms with Gasteiger partial charge < -0.3 is 10.0 Å². The van der Waals surface area contributed by atoms with Gasteiger partial charge in [-0.15, -0.1) is 10.2 Å². The average molecular weight is 432 g/mol. The molecule has 2 aliphatic heterocycles.